The van der Waals surface area contributed by atoms with Crippen LogP contribution in [0.4, 0.5) is 0 Å². The van der Waals surface area contributed by atoms with Crippen LogP contribution in [0.2, 0.25) is 0 Å². The van der Waals surface area contributed by atoms with Crippen LogP contribution in [0.1, 0.15) is 26.2 Å². The number of nitrogens with zero attached hydrogens (tertiary/aromatic N) is 2. The molecule has 20 heavy (non-hydrogen) atoms. The zero-order chi connectivity index (χ0) is 14.5. The van der Waals surface area contributed by atoms with Crippen molar-refractivity contribution in [3.63, 3.8) is 0 Å². The van der Waals surface area contributed by atoms with E-state index >= 15 is 0 Å². The quantitative estimate of drug-likeness (QED) is 0.888. The van der Waals surface area contributed by atoms with E-state index in [0.717, 1.165) is 19.4 Å². The maximum atomic E-state index is 12.2. The van der Waals surface area contributed by atoms with Crippen LogP contribution in [-0.4, -0.2) is 39.7 Å². The fourth-order valence-corrected chi connectivity index (χ4v) is 2.65. The third kappa shape index (κ3) is 3.70. The minimum atomic E-state index is -0.373. The predicted octanol–water partition coefficient (Wildman–Crippen LogP) is 0.858. The molecule has 0 aromatic carbocycles. The minimum Gasteiger partial charge on any atom is -0.393 e. The zero-order valence-electron chi connectivity index (χ0n) is 11.9. The van der Waals surface area contributed by atoms with Crippen molar-refractivity contribution in [3.8, 4) is 0 Å². The smallest absolute Gasteiger partial charge is 0.250 e. The topological polar surface area (TPSA) is 62.5 Å². The van der Waals surface area contributed by atoms with Crippen molar-refractivity contribution < 1.29 is 9.90 Å². The summed E-state index contributed by atoms with van der Waals surface area (Å²) in [6.45, 7) is 3.57. The van der Waals surface area contributed by atoms with Crippen LogP contribution in [0.5, 0.6) is 0 Å². The number of aliphatic hydroxyl groups excluding tert-OH is 1. The maximum absolute atomic E-state index is 12.2. The van der Waals surface area contributed by atoms with E-state index < -0.39 is 0 Å². The number of carbonyl (C=O) groups is 1. The average molecular weight is 278 g/mol. The molecular weight excluding hydrogens is 256 g/mol. The highest BCUT2D eigenvalue weighted by atomic mass is 16.3. The van der Waals surface area contributed by atoms with Gasteiger partial charge in [-0.2, -0.15) is 0 Å². The summed E-state index contributed by atoms with van der Waals surface area (Å²) in [6, 6.07) is 4.98. The molecule has 0 aliphatic carbocycles. The molecule has 0 radical (unpaired) electrons. The van der Waals surface area contributed by atoms with Crippen molar-refractivity contribution >= 4 is 5.91 Å². The van der Waals surface area contributed by atoms with Gasteiger partial charge in [-0.15, -0.1) is 0 Å². The van der Waals surface area contributed by atoms with Gasteiger partial charge < -0.3 is 14.6 Å². The number of rotatable bonds is 4. The lowest BCUT2D eigenvalue weighted by molar-refractivity contribution is -0.134. The zero-order valence-corrected chi connectivity index (χ0v) is 11.9. The summed E-state index contributed by atoms with van der Waals surface area (Å²) < 4.78 is 1.55. The molecule has 1 aromatic rings. The SMILES string of the molecule is CC(O)C1CCCN(C(=O)CCn2ccccc2=O)C1. The summed E-state index contributed by atoms with van der Waals surface area (Å²) in [7, 11) is 0. The van der Waals surface area contributed by atoms with Gasteiger partial charge in [0.25, 0.3) is 5.56 Å². The van der Waals surface area contributed by atoms with E-state index in [1.165, 1.54) is 6.07 Å². The highest BCUT2D eigenvalue weighted by molar-refractivity contribution is 5.76. The van der Waals surface area contributed by atoms with Crippen molar-refractivity contribution in [2.75, 3.05) is 13.1 Å². The number of pyridine rings is 1. The Hall–Kier alpha value is -1.62. The largest absolute Gasteiger partial charge is 0.393 e. The molecule has 2 heterocycles. The van der Waals surface area contributed by atoms with Crippen molar-refractivity contribution in [2.45, 2.75) is 38.8 Å². The number of aliphatic hydroxyl groups is 1. The molecule has 1 aliphatic rings. The normalized spacial score (nSPS) is 20.7. The number of hydrogen-bond acceptors (Lipinski definition) is 3. The van der Waals surface area contributed by atoms with Gasteiger partial charge in [0, 0.05) is 44.2 Å². The fraction of sp³-hybridized carbons (Fsp3) is 0.600. The van der Waals surface area contributed by atoms with Gasteiger partial charge in [0.05, 0.1) is 6.10 Å². The molecule has 2 rings (SSSR count). The summed E-state index contributed by atoms with van der Waals surface area (Å²) in [5, 5.41) is 9.64. The first-order valence-electron chi connectivity index (χ1n) is 7.19. The van der Waals surface area contributed by atoms with Crippen molar-refractivity contribution in [1.82, 2.24) is 9.47 Å². The Labute approximate surface area is 118 Å². The van der Waals surface area contributed by atoms with Crippen LogP contribution in [0.3, 0.4) is 0 Å². The second kappa shape index (κ2) is 6.70. The van der Waals surface area contributed by atoms with Crippen molar-refractivity contribution in [3.05, 3.63) is 34.7 Å². The summed E-state index contributed by atoms with van der Waals surface area (Å²) in [6.07, 6.45) is 3.56. The molecule has 5 heteroatoms. The number of likely N-dealkylation sites (tertiary alicyclic amines) is 1. The van der Waals surface area contributed by atoms with E-state index in [1.54, 1.807) is 29.8 Å². The van der Waals surface area contributed by atoms with Crippen molar-refractivity contribution in [2.24, 2.45) is 5.92 Å². The molecule has 1 fully saturated rings. The Morgan fingerprint density at radius 2 is 2.30 bits per heavy atom. The first kappa shape index (κ1) is 14.8. The maximum Gasteiger partial charge on any atom is 0.250 e. The fourth-order valence-electron chi connectivity index (χ4n) is 2.65. The minimum absolute atomic E-state index is 0.0612. The van der Waals surface area contributed by atoms with Gasteiger partial charge in [-0.05, 0) is 25.8 Å². The van der Waals surface area contributed by atoms with E-state index in [4.69, 9.17) is 0 Å². The van der Waals surface area contributed by atoms with E-state index in [-0.39, 0.29) is 23.5 Å². The third-order valence-corrected chi connectivity index (χ3v) is 3.96. The Bertz CT molecular complexity index is 510. The number of hydrogen-bond donors (Lipinski definition) is 1. The summed E-state index contributed by atoms with van der Waals surface area (Å²) >= 11 is 0. The number of amides is 1. The van der Waals surface area contributed by atoms with Crippen LogP contribution >= 0.6 is 0 Å². The van der Waals surface area contributed by atoms with Crippen molar-refractivity contribution in [1.29, 1.82) is 0 Å². The molecular formula is C15H22N2O3. The molecule has 5 nitrogen and oxygen atoms in total. The van der Waals surface area contributed by atoms with Crippen LogP contribution < -0.4 is 5.56 Å². The van der Waals surface area contributed by atoms with Crippen LogP contribution in [0.25, 0.3) is 0 Å². The number of piperidine rings is 1. The highest BCUT2D eigenvalue weighted by Crippen LogP contribution is 2.20. The highest BCUT2D eigenvalue weighted by Gasteiger charge is 2.26. The molecule has 2 unspecified atom stereocenters. The molecule has 0 spiro atoms. The summed E-state index contributed by atoms with van der Waals surface area (Å²) in [5.41, 5.74) is -0.0826. The summed E-state index contributed by atoms with van der Waals surface area (Å²) in [4.78, 5) is 25.5. The molecule has 1 amide bonds. The molecule has 0 saturated carbocycles. The van der Waals surface area contributed by atoms with Crippen LogP contribution in [-0.2, 0) is 11.3 Å². The van der Waals surface area contributed by atoms with Gasteiger partial charge in [-0.3, -0.25) is 9.59 Å². The third-order valence-electron chi connectivity index (χ3n) is 3.96. The lowest BCUT2D eigenvalue weighted by Gasteiger charge is -2.34. The van der Waals surface area contributed by atoms with Gasteiger partial charge >= 0.3 is 0 Å². The first-order chi connectivity index (χ1) is 9.58. The summed E-state index contributed by atoms with van der Waals surface area (Å²) in [5.74, 6) is 0.234. The van der Waals surface area contributed by atoms with Crippen LogP contribution in [0.15, 0.2) is 29.2 Å². The van der Waals surface area contributed by atoms with E-state index in [1.807, 2.05) is 4.90 Å². The molecule has 1 N–H and O–H groups in total. The monoisotopic (exact) mass is 278 g/mol. The Balaban J connectivity index is 1.89. The molecule has 1 aliphatic heterocycles. The van der Waals surface area contributed by atoms with Gasteiger partial charge in [0.2, 0.25) is 5.91 Å². The second-order valence-electron chi connectivity index (χ2n) is 5.46. The molecule has 1 saturated heterocycles. The van der Waals surface area contributed by atoms with Gasteiger partial charge in [0.15, 0.2) is 0 Å². The first-order valence-corrected chi connectivity index (χ1v) is 7.19. The van der Waals surface area contributed by atoms with E-state index in [9.17, 15) is 14.7 Å². The van der Waals surface area contributed by atoms with Gasteiger partial charge in [-0.25, -0.2) is 0 Å². The number of carbonyl (C=O) groups excluding carboxylic acids is 1. The molecule has 1 aromatic heterocycles. The van der Waals surface area contributed by atoms with Gasteiger partial charge in [0.1, 0.15) is 0 Å². The number of aryl methyl sites for hydroxylation is 1. The lowest BCUT2D eigenvalue weighted by Crippen LogP contribution is -2.43. The standard InChI is InChI=1S/C15H22N2O3/c1-12(18)13-5-4-9-17(11-13)15(20)7-10-16-8-3-2-6-14(16)19/h2-3,6,8,12-13,18H,4-5,7,9-11H2,1H3. The average Bonchev–Trinajstić information content (AvgIpc) is 2.46. The second-order valence-corrected chi connectivity index (χ2v) is 5.46. The van der Waals surface area contributed by atoms with E-state index in [0.29, 0.717) is 19.5 Å². The molecule has 2 atom stereocenters. The Kier molecular flexibility index (Phi) is 4.95. The van der Waals surface area contributed by atoms with Crippen LogP contribution in [0, 0.1) is 5.92 Å². The van der Waals surface area contributed by atoms with E-state index in [2.05, 4.69) is 0 Å². The van der Waals surface area contributed by atoms with Gasteiger partial charge in [-0.1, -0.05) is 6.07 Å². The Morgan fingerprint density at radius 3 is 3.00 bits per heavy atom. The molecule has 0 bridgehead atoms. The predicted molar refractivity (Wildman–Crippen MR) is 76.3 cm³/mol. The number of aromatic nitrogens is 1. The molecule has 110 valence electrons. The Morgan fingerprint density at radius 1 is 1.50 bits per heavy atom. The lowest BCUT2D eigenvalue weighted by atomic mass is 9.93.